The van der Waals surface area contributed by atoms with Crippen molar-refractivity contribution in [1.82, 2.24) is 30.1 Å². The molecule has 184 valence electrons. The Bertz CT molecular complexity index is 1310. The van der Waals surface area contributed by atoms with E-state index in [4.69, 9.17) is 9.47 Å². The van der Waals surface area contributed by atoms with E-state index in [1.54, 1.807) is 18.4 Å². The highest BCUT2D eigenvalue weighted by molar-refractivity contribution is 7.09. The predicted octanol–water partition coefficient (Wildman–Crippen LogP) is 3.92. The van der Waals surface area contributed by atoms with Crippen LogP contribution in [0.1, 0.15) is 48.5 Å². The quantitative estimate of drug-likeness (QED) is 0.357. The first-order chi connectivity index (χ1) is 17.1. The van der Waals surface area contributed by atoms with Crippen LogP contribution in [0.25, 0.3) is 10.9 Å². The van der Waals surface area contributed by atoms with Crippen LogP contribution >= 0.6 is 11.3 Å². The zero-order valence-corrected chi connectivity index (χ0v) is 20.8. The molecule has 0 unspecified atom stereocenters. The standard InChI is InChI=1S/C25H30N6O3S/c1-3-23(24-27-28-29-31(24)15-20-6-4-10-34-20)30(16-21-7-5-11-35-21)14-18-12-17-8-9-19(33-2)13-22(17)26-25(18)32/h5,7-9,11-13,20,23H,3-4,6,10,14-16H2,1-2H3,(H,26,32)/t20-,23-/m1/s1. The molecule has 1 aromatic carbocycles. The van der Waals surface area contributed by atoms with E-state index >= 15 is 0 Å². The molecular formula is C25H30N6O3S. The van der Waals surface area contributed by atoms with Gasteiger partial charge >= 0.3 is 0 Å². The number of aromatic nitrogens is 5. The minimum atomic E-state index is -0.101. The van der Waals surface area contributed by atoms with E-state index in [0.717, 1.165) is 42.6 Å². The Labute approximate surface area is 207 Å². The number of ether oxygens (including phenoxy) is 2. The summed E-state index contributed by atoms with van der Waals surface area (Å²) >= 11 is 1.71. The highest BCUT2D eigenvalue weighted by atomic mass is 32.1. The zero-order chi connectivity index (χ0) is 24.2. The number of benzene rings is 1. The first-order valence-electron chi connectivity index (χ1n) is 12.0. The SMILES string of the molecule is CC[C@H](c1nnnn1C[C@H]1CCCO1)N(Cc1cccs1)Cc1cc2ccc(OC)cc2[nH]c1=O. The molecule has 10 heteroatoms. The minimum Gasteiger partial charge on any atom is -0.497 e. The summed E-state index contributed by atoms with van der Waals surface area (Å²) in [5.74, 6) is 1.52. The summed E-state index contributed by atoms with van der Waals surface area (Å²) in [6.45, 7) is 4.74. The molecule has 3 aromatic heterocycles. The number of hydrogen-bond acceptors (Lipinski definition) is 8. The van der Waals surface area contributed by atoms with Crippen LogP contribution in [0.15, 0.2) is 46.6 Å². The van der Waals surface area contributed by atoms with Gasteiger partial charge < -0.3 is 14.5 Å². The van der Waals surface area contributed by atoms with Crippen LogP contribution in [0.2, 0.25) is 0 Å². The third-order valence-corrected chi connectivity index (χ3v) is 7.39. The fourth-order valence-corrected chi connectivity index (χ4v) is 5.46. The number of nitrogens with one attached hydrogen (secondary N) is 1. The summed E-state index contributed by atoms with van der Waals surface area (Å²) in [4.78, 5) is 19.6. The second-order valence-corrected chi connectivity index (χ2v) is 9.87. The van der Waals surface area contributed by atoms with Crippen LogP contribution in [0.4, 0.5) is 0 Å². The number of thiophene rings is 1. The second kappa shape index (κ2) is 10.7. The van der Waals surface area contributed by atoms with Crippen LogP contribution in [0, 0.1) is 0 Å². The molecule has 4 aromatic rings. The van der Waals surface area contributed by atoms with E-state index in [0.29, 0.717) is 30.9 Å². The maximum Gasteiger partial charge on any atom is 0.252 e. The Hall–Kier alpha value is -3.08. The molecule has 0 amide bonds. The third-order valence-electron chi connectivity index (χ3n) is 6.53. The first-order valence-corrected chi connectivity index (χ1v) is 12.9. The van der Waals surface area contributed by atoms with Crippen LogP contribution in [-0.4, -0.2) is 49.9 Å². The number of pyridine rings is 1. The molecule has 1 N–H and O–H groups in total. The van der Waals surface area contributed by atoms with Gasteiger partial charge in [-0.3, -0.25) is 9.69 Å². The Kier molecular flexibility index (Phi) is 7.21. The molecule has 5 rings (SSSR count). The third kappa shape index (κ3) is 5.29. The van der Waals surface area contributed by atoms with Gasteiger partial charge in [-0.05, 0) is 64.7 Å². The monoisotopic (exact) mass is 494 g/mol. The first kappa shape index (κ1) is 23.7. The lowest BCUT2D eigenvalue weighted by Gasteiger charge is -2.30. The Morgan fingerprint density at radius 2 is 2.23 bits per heavy atom. The van der Waals surface area contributed by atoms with Gasteiger partial charge in [0.1, 0.15) is 5.75 Å². The summed E-state index contributed by atoms with van der Waals surface area (Å²) in [7, 11) is 1.62. The minimum absolute atomic E-state index is 0.0560. The lowest BCUT2D eigenvalue weighted by atomic mass is 10.1. The average molecular weight is 495 g/mol. The predicted molar refractivity (Wildman–Crippen MR) is 135 cm³/mol. The average Bonchev–Trinajstić information content (AvgIpc) is 3.64. The molecule has 1 saturated heterocycles. The van der Waals surface area contributed by atoms with Gasteiger partial charge in [-0.25, -0.2) is 4.68 Å². The number of methoxy groups -OCH3 is 1. The van der Waals surface area contributed by atoms with E-state index in [-0.39, 0.29) is 17.7 Å². The van der Waals surface area contributed by atoms with Crippen molar-refractivity contribution in [2.24, 2.45) is 0 Å². The van der Waals surface area contributed by atoms with Crippen molar-refractivity contribution in [2.45, 2.75) is 58.0 Å². The number of tetrazole rings is 1. The van der Waals surface area contributed by atoms with E-state index in [1.165, 1.54) is 4.88 Å². The van der Waals surface area contributed by atoms with Gasteiger partial charge in [0.2, 0.25) is 0 Å². The van der Waals surface area contributed by atoms with Crippen molar-refractivity contribution >= 4 is 22.2 Å². The maximum absolute atomic E-state index is 13.1. The maximum atomic E-state index is 13.1. The molecule has 0 aliphatic carbocycles. The molecule has 1 aliphatic rings. The van der Waals surface area contributed by atoms with Crippen molar-refractivity contribution in [3.8, 4) is 5.75 Å². The molecule has 0 spiro atoms. The number of aromatic amines is 1. The van der Waals surface area contributed by atoms with Gasteiger partial charge in [-0.1, -0.05) is 13.0 Å². The van der Waals surface area contributed by atoms with Crippen molar-refractivity contribution in [2.75, 3.05) is 13.7 Å². The fraction of sp³-hybridized carbons (Fsp3) is 0.440. The summed E-state index contributed by atoms with van der Waals surface area (Å²) in [6, 6.07) is 11.8. The highest BCUT2D eigenvalue weighted by Crippen LogP contribution is 2.28. The van der Waals surface area contributed by atoms with E-state index in [2.05, 4.69) is 49.8 Å². The van der Waals surface area contributed by atoms with E-state index in [9.17, 15) is 4.79 Å². The molecule has 2 atom stereocenters. The molecular weight excluding hydrogens is 464 g/mol. The fourth-order valence-electron chi connectivity index (χ4n) is 4.73. The summed E-state index contributed by atoms with van der Waals surface area (Å²) in [5.41, 5.74) is 1.36. The van der Waals surface area contributed by atoms with Gasteiger partial charge in [0, 0.05) is 36.2 Å². The van der Waals surface area contributed by atoms with Crippen molar-refractivity contribution in [1.29, 1.82) is 0 Å². The molecule has 0 saturated carbocycles. The normalized spacial score (nSPS) is 16.8. The molecule has 0 bridgehead atoms. The summed E-state index contributed by atoms with van der Waals surface area (Å²) in [5, 5.41) is 15.7. The van der Waals surface area contributed by atoms with Crippen LogP contribution in [0.5, 0.6) is 5.75 Å². The number of rotatable bonds is 10. The van der Waals surface area contributed by atoms with Crippen LogP contribution in [0.3, 0.4) is 0 Å². The number of H-pyrrole nitrogens is 1. The number of hydrogen-bond donors (Lipinski definition) is 1. The van der Waals surface area contributed by atoms with Gasteiger partial charge in [0.05, 0.1) is 31.3 Å². The van der Waals surface area contributed by atoms with Gasteiger partial charge in [0.15, 0.2) is 5.82 Å². The second-order valence-electron chi connectivity index (χ2n) is 8.84. The Morgan fingerprint density at radius 3 is 2.97 bits per heavy atom. The van der Waals surface area contributed by atoms with Crippen LogP contribution in [-0.2, 0) is 24.4 Å². The molecule has 9 nitrogen and oxygen atoms in total. The lowest BCUT2D eigenvalue weighted by Crippen LogP contribution is -2.33. The Morgan fingerprint density at radius 1 is 1.31 bits per heavy atom. The van der Waals surface area contributed by atoms with Gasteiger partial charge in [-0.2, -0.15) is 0 Å². The largest absolute Gasteiger partial charge is 0.497 e. The Balaban J connectivity index is 1.47. The van der Waals surface area contributed by atoms with E-state index in [1.807, 2.05) is 28.9 Å². The highest BCUT2D eigenvalue weighted by Gasteiger charge is 2.28. The lowest BCUT2D eigenvalue weighted by molar-refractivity contribution is 0.0889. The molecule has 1 fully saturated rings. The topological polar surface area (TPSA) is 98.2 Å². The zero-order valence-electron chi connectivity index (χ0n) is 20.0. The molecule has 35 heavy (non-hydrogen) atoms. The van der Waals surface area contributed by atoms with Crippen molar-refractivity contribution < 1.29 is 9.47 Å². The molecule has 1 aliphatic heterocycles. The number of fused-ring (bicyclic) bond motifs is 1. The molecule has 4 heterocycles. The summed E-state index contributed by atoms with van der Waals surface area (Å²) < 4.78 is 13.0. The van der Waals surface area contributed by atoms with Gasteiger partial charge in [0.25, 0.3) is 5.56 Å². The number of nitrogens with zero attached hydrogens (tertiary/aromatic N) is 5. The van der Waals surface area contributed by atoms with E-state index < -0.39 is 0 Å². The van der Waals surface area contributed by atoms with Gasteiger partial charge in [-0.15, -0.1) is 16.4 Å². The van der Waals surface area contributed by atoms with Crippen LogP contribution < -0.4 is 10.3 Å². The smallest absolute Gasteiger partial charge is 0.252 e. The summed E-state index contributed by atoms with van der Waals surface area (Å²) in [6.07, 6.45) is 3.04. The van der Waals surface area contributed by atoms with Crippen molar-refractivity contribution in [3.05, 3.63) is 68.4 Å². The molecule has 0 radical (unpaired) electrons. The van der Waals surface area contributed by atoms with Crippen molar-refractivity contribution in [3.63, 3.8) is 0 Å².